The Morgan fingerprint density at radius 1 is 1.15 bits per heavy atom. The zero-order valence-corrected chi connectivity index (χ0v) is 14.1. The van der Waals surface area contributed by atoms with Gasteiger partial charge in [-0.1, -0.05) is 0 Å². The van der Waals surface area contributed by atoms with Crippen molar-refractivity contribution >= 4 is 40.6 Å². The summed E-state index contributed by atoms with van der Waals surface area (Å²) in [6.45, 7) is 0. The molecule has 0 fully saturated rings. The molecule has 8 nitrogen and oxygen atoms in total. The fourth-order valence-electron chi connectivity index (χ4n) is 1.93. The Bertz CT molecular complexity index is 886. The van der Waals surface area contributed by atoms with Gasteiger partial charge < -0.3 is 10.1 Å². The van der Waals surface area contributed by atoms with Gasteiger partial charge >= 0.3 is 5.97 Å². The number of ether oxygens (including phenoxy) is 1. The van der Waals surface area contributed by atoms with Crippen molar-refractivity contribution in [1.29, 1.82) is 0 Å². The predicted octanol–water partition coefficient (Wildman–Crippen LogP) is 2.65. The minimum Gasteiger partial charge on any atom is -0.465 e. The van der Waals surface area contributed by atoms with Crippen LogP contribution in [0.4, 0.5) is 15.8 Å². The van der Waals surface area contributed by atoms with Crippen LogP contribution in [0, 0.1) is 15.9 Å². The highest BCUT2D eigenvalue weighted by Gasteiger charge is 2.14. The van der Waals surface area contributed by atoms with Crippen LogP contribution in [0.5, 0.6) is 0 Å². The molecule has 0 aliphatic carbocycles. The molecule has 0 spiro atoms. The second-order valence-electron chi connectivity index (χ2n) is 4.90. The van der Waals surface area contributed by atoms with Crippen LogP contribution in [-0.4, -0.2) is 29.0 Å². The standard InChI is InChI=1S/C16H12FN3O5S/c1-25-15(22)10-4-2-9(3-5-10)14(21)19-16(26)18-13-8-11(20(23)24)6-7-12(13)17/h2-8H,1H3,(H2,18,19,21,26). The lowest BCUT2D eigenvalue weighted by Crippen LogP contribution is -2.34. The van der Waals surface area contributed by atoms with Gasteiger partial charge in [0.2, 0.25) is 0 Å². The normalized spacial score (nSPS) is 9.92. The predicted molar refractivity (Wildman–Crippen MR) is 94.5 cm³/mol. The largest absolute Gasteiger partial charge is 0.465 e. The van der Waals surface area contributed by atoms with Crippen LogP contribution in [0.3, 0.4) is 0 Å². The highest BCUT2D eigenvalue weighted by molar-refractivity contribution is 7.80. The molecule has 0 heterocycles. The number of thiocarbonyl (C=S) groups is 1. The van der Waals surface area contributed by atoms with E-state index in [9.17, 15) is 24.1 Å². The number of esters is 1. The summed E-state index contributed by atoms with van der Waals surface area (Å²) in [5.74, 6) is -1.92. The number of benzene rings is 2. The first-order valence-electron chi connectivity index (χ1n) is 7.06. The Balaban J connectivity index is 2.05. The number of nitro benzene ring substituents is 1. The minimum atomic E-state index is -0.769. The summed E-state index contributed by atoms with van der Waals surface area (Å²) in [5, 5.41) is 15.2. The molecule has 0 saturated carbocycles. The van der Waals surface area contributed by atoms with E-state index in [-0.39, 0.29) is 27.6 Å². The highest BCUT2D eigenvalue weighted by atomic mass is 32.1. The average Bonchev–Trinajstić information content (AvgIpc) is 2.62. The number of anilines is 1. The van der Waals surface area contributed by atoms with Gasteiger partial charge in [-0.2, -0.15) is 0 Å². The Morgan fingerprint density at radius 2 is 1.77 bits per heavy atom. The van der Waals surface area contributed by atoms with Gasteiger partial charge in [0, 0.05) is 17.7 Å². The summed E-state index contributed by atoms with van der Waals surface area (Å²) in [4.78, 5) is 33.5. The fourth-order valence-corrected chi connectivity index (χ4v) is 2.13. The maximum Gasteiger partial charge on any atom is 0.337 e. The monoisotopic (exact) mass is 377 g/mol. The van der Waals surface area contributed by atoms with Gasteiger partial charge in [-0.05, 0) is 42.5 Å². The Hall–Kier alpha value is -3.40. The number of carbonyl (C=O) groups excluding carboxylic acids is 2. The second kappa shape index (κ2) is 8.12. The summed E-state index contributed by atoms with van der Waals surface area (Å²) in [5.41, 5.74) is -0.114. The number of carbonyl (C=O) groups is 2. The maximum absolute atomic E-state index is 13.7. The lowest BCUT2D eigenvalue weighted by molar-refractivity contribution is -0.384. The summed E-state index contributed by atoms with van der Waals surface area (Å²) in [7, 11) is 1.24. The van der Waals surface area contributed by atoms with Crippen molar-refractivity contribution in [2.75, 3.05) is 12.4 Å². The van der Waals surface area contributed by atoms with Crippen molar-refractivity contribution in [3.8, 4) is 0 Å². The van der Waals surface area contributed by atoms with Gasteiger partial charge in [-0.25, -0.2) is 9.18 Å². The van der Waals surface area contributed by atoms with E-state index in [1.165, 1.54) is 31.4 Å². The molecule has 0 aliphatic rings. The van der Waals surface area contributed by atoms with Gasteiger partial charge in [0.25, 0.3) is 11.6 Å². The molecule has 0 radical (unpaired) electrons. The molecule has 0 aromatic heterocycles. The Labute approximate surface area is 152 Å². The van der Waals surface area contributed by atoms with Crippen LogP contribution < -0.4 is 10.6 Å². The van der Waals surface area contributed by atoms with Crippen molar-refractivity contribution in [1.82, 2.24) is 5.32 Å². The van der Waals surface area contributed by atoms with Crippen LogP contribution >= 0.6 is 12.2 Å². The van der Waals surface area contributed by atoms with E-state index in [0.717, 1.165) is 18.2 Å². The zero-order valence-electron chi connectivity index (χ0n) is 13.3. The van der Waals surface area contributed by atoms with Crippen molar-refractivity contribution in [3.05, 3.63) is 69.5 Å². The fraction of sp³-hybridized carbons (Fsp3) is 0.0625. The first kappa shape index (κ1) is 18.9. The van der Waals surface area contributed by atoms with E-state index in [2.05, 4.69) is 15.4 Å². The molecule has 2 N–H and O–H groups in total. The molecule has 10 heteroatoms. The molecule has 2 rings (SSSR count). The summed E-state index contributed by atoms with van der Waals surface area (Å²) < 4.78 is 18.3. The topological polar surface area (TPSA) is 111 Å². The molecule has 2 aromatic rings. The number of amides is 1. The van der Waals surface area contributed by atoms with Crippen molar-refractivity contribution < 1.29 is 23.6 Å². The van der Waals surface area contributed by atoms with Crippen LogP contribution in [0.15, 0.2) is 42.5 Å². The first-order valence-corrected chi connectivity index (χ1v) is 7.47. The lowest BCUT2D eigenvalue weighted by Gasteiger charge is -2.10. The van der Waals surface area contributed by atoms with Gasteiger partial charge in [0.1, 0.15) is 5.82 Å². The third-order valence-corrected chi connectivity index (χ3v) is 3.41. The number of hydrogen-bond donors (Lipinski definition) is 2. The first-order chi connectivity index (χ1) is 12.3. The molecule has 134 valence electrons. The maximum atomic E-state index is 13.7. The molecule has 0 bridgehead atoms. The van der Waals surface area contributed by atoms with Crippen LogP contribution in [0.1, 0.15) is 20.7 Å². The van der Waals surface area contributed by atoms with E-state index in [4.69, 9.17) is 12.2 Å². The number of nitrogens with one attached hydrogen (secondary N) is 2. The number of hydrogen-bond acceptors (Lipinski definition) is 6. The Morgan fingerprint density at radius 3 is 2.35 bits per heavy atom. The molecular weight excluding hydrogens is 365 g/mol. The smallest absolute Gasteiger partial charge is 0.337 e. The molecule has 26 heavy (non-hydrogen) atoms. The summed E-state index contributed by atoms with van der Waals surface area (Å²) in [6, 6.07) is 8.45. The Kier molecular flexibility index (Phi) is 5.91. The molecule has 1 amide bonds. The number of rotatable bonds is 4. The molecular formula is C16H12FN3O5S. The molecule has 0 aliphatic heterocycles. The number of halogens is 1. The number of nitrogens with zero attached hydrogens (tertiary/aromatic N) is 1. The van der Waals surface area contributed by atoms with Gasteiger partial charge in [0.15, 0.2) is 5.11 Å². The number of non-ortho nitro benzene ring substituents is 1. The van der Waals surface area contributed by atoms with Crippen molar-refractivity contribution in [2.24, 2.45) is 0 Å². The average molecular weight is 377 g/mol. The quantitative estimate of drug-likeness (QED) is 0.365. The molecule has 0 atom stereocenters. The third kappa shape index (κ3) is 4.57. The molecule has 0 unspecified atom stereocenters. The van der Waals surface area contributed by atoms with Crippen molar-refractivity contribution in [3.63, 3.8) is 0 Å². The van der Waals surface area contributed by atoms with Gasteiger partial charge in [-0.3, -0.25) is 20.2 Å². The zero-order chi connectivity index (χ0) is 19.3. The van der Waals surface area contributed by atoms with Crippen molar-refractivity contribution in [2.45, 2.75) is 0 Å². The number of nitro groups is 1. The number of methoxy groups -OCH3 is 1. The van der Waals surface area contributed by atoms with Gasteiger partial charge in [-0.15, -0.1) is 0 Å². The van der Waals surface area contributed by atoms with Crippen LogP contribution in [0.25, 0.3) is 0 Å². The van der Waals surface area contributed by atoms with E-state index in [1.54, 1.807) is 0 Å². The van der Waals surface area contributed by atoms with Gasteiger partial charge in [0.05, 0.1) is 23.3 Å². The lowest BCUT2D eigenvalue weighted by atomic mass is 10.1. The van der Waals surface area contributed by atoms with E-state index >= 15 is 0 Å². The van der Waals surface area contributed by atoms with E-state index in [0.29, 0.717) is 0 Å². The summed E-state index contributed by atoms with van der Waals surface area (Å²) in [6.07, 6.45) is 0. The molecule has 2 aromatic carbocycles. The highest BCUT2D eigenvalue weighted by Crippen LogP contribution is 2.21. The molecule has 0 saturated heterocycles. The minimum absolute atomic E-state index is 0.196. The summed E-state index contributed by atoms with van der Waals surface area (Å²) >= 11 is 4.91. The second-order valence-corrected chi connectivity index (χ2v) is 5.31. The third-order valence-electron chi connectivity index (χ3n) is 3.20. The van der Waals surface area contributed by atoms with Crippen LogP contribution in [0.2, 0.25) is 0 Å². The van der Waals surface area contributed by atoms with Crippen LogP contribution in [-0.2, 0) is 4.74 Å². The SMILES string of the molecule is COC(=O)c1ccc(C(=O)NC(=S)Nc2cc([N+](=O)[O-])ccc2F)cc1. The van der Waals surface area contributed by atoms with E-state index in [1.807, 2.05) is 0 Å². The van der Waals surface area contributed by atoms with E-state index < -0.39 is 22.6 Å².